The Morgan fingerprint density at radius 2 is 1.86 bits per heavy atom. The van der Waals surface area contributed by atoms with E-state index in [1.54, 1.807) is 18.2 Å². The van der Waals surface area contributed by atoms with Crippen molar-refractivity contribution in [3.05, 3.63) is 56.7 Å². The fourth-order valence-corrected chi connectivity index (χ4v) is 2.99. The summed E-state index contributed by atoms with van der Waals surface area (Å²) in [4.78, 5) is 4.33. The van der Waals surface area contributed by atoms with Gasteiger partial charge in [-0.1, -0.05) is 15.9 Å². The molecule has 0 aliphatic carbocycles. The van der Waals surface area contributed by atoms with Gasteiger partial charge in [0, 0.05) is 10.5 Å². The van der Waals surface area contributed by atoms with Crippen LogP contribution in [0.5, 0.6) is 0 Å². The number of nitrogens with zero attached hydrogens (tertiary/aromatic N) is 2. The lowest BCUT2D eigenvalue weighted by atomic mass is 10.2. The summed E-state index contributed by atoms with van der Waals surface area (Å²) in [5, 5.41) is 0. The summed E-state index contributed by atoms with van der Waals surface area (Å²) in [7, 11) is 0. The number of fused-ring (bicyclic) bond motifs is 1. The highest BCUT2D eigenvalue weighted by Gasteiger charge is 2.17. The van der Waals surface area contributed by atoms with Gasteiger partial charge in [0.15, 0.2) is 0 Å². The van der Waals surface area contributed by atoms with Crippen LogP contribution < -0.4 is 0 Å². The Morgan fingerprint density at radius 1 is 1.10 bits per heavy atom. The summed E-state index contributed by atoms with van der Waals surface area (Å²) in [6.45, 7) is 0. The number of hydrogen-bond acceptors (Lipinski definition) is 1. The molecule has 0 bridgehead atoms. The molecule has 0 aliphatic heterocycles. The first-order chi connectivity index (χ1) is 10.0. The third-order valence-electron chi connectivity index (χ3n) is 3.04. The fourth-order valence-electron chi connectivity index (χ4n) is 2.14. The molecule has 3 aromatic rings. The van der Waals surface area contributed by atoms with E-state index in [-0.39, 0.29) is 11.6 Å². The van der Waals surface area contributed by atoms with E-state index < -0.39 is 11.6 Å². The van der Waals surface area contributed by atoms with Crippen LogP contribution in [-0.4, -0.2) is 9.55 Å². The topological polar surface area (TPSA) is 17.8 Å². The summed E-state index contributed by atoms with van der Waals surface area (Å²) in [6, 6.07) is 7.50. The van der Waals surface area contributed by atoms with Crippen molar-refractivity contribution in [2.24, 2.45) is 0 Å². The predicted octanol–water partition coefficient (Wildman–Crippen LogP) is 5.57. The zero-order chi connectivity index (χ0) is 15.1. The average molecular weight is 436 g/mol. The molecule has 0 spiro atoms. The van der Waals surface area contributed by atoms with Crippen LogP contribution in [0.4, 0.5) is 8.78 Å². The molecule has 0 atom stereocenters. The molecular formula is C14H7Br2ClF2N2. The molecule has 0 N–H and O–H groups in total. The number of rotatable bonds is 2. The zero-order valence-electron chi connectivity index (χ0n) is 10.4. The lowest BCUT2D eigenvalue weighted by molar-refractivity contribution is 0.614. The first-order valence-corrected chi connectivity index (χ1v) is 8.01. The second kappa shape index (κ2) is 5.66. The van der Waals surface area contributed by atoms with Gasteiger partial charge < -0.3 is 0 Å². The highest BCUT2D eigenvalue weighted by molar-refractivity contribution is 9.10. The van der Waals surface area contributed by atoms with Crippen LogP contribution in [-0.2, 0) is 5.88 Å². The second-order valence-corrected chi connectivity index (χ2v) is 6.39. The Hall–Kier alpha value is -0.980. The second-order valence-electron chi connectivity index (χ2n) is 4.35. The van der Waals surface area contributed by atoms with Gasteiger partial charge in [-0.15, -0.1) is 11.6 Å². The van der Waals surface area contributed by atoms with Crippen molar-refractivity contribution in [1.82, 2.24) is 9.55 Å². The van der Waals surface area contributed by atoms with Crippen LogP contribution in [0.3, 0.4) is 0 Å². The van der Waals surface area contributed by atoms with Gasteiger partial charge in [-0.05, 0) is 40.2 Å². The molecule has 1 aromatic heterocycles. The van der Waals surface area contributed by atoms with E-state index in [0.29, 0.717) is 25.8 Å². The summed E-state index contributed by atoms with van der Waals surface area (Å²) < 4.78 is 30.5. The Morgan fingerprint density at radius 3 is 2.52 bits per heavy atom. The van der Waals surface area contributed by atoms with Crippen LogP contribution in [0, 0.1) is 11.6 Å². The minimum absolute atomic E-state index is 0.0867. The van der Waals surface area contributed by atoms with E-state index in [4.69, 9.17) is 11.6 Å². The molecule has 3 rings (SSSR count). The number of aromatic nitrogens is 2. The molecular weight excluding hydrogens is 429 g/mol. The molecule has 0 saturated heterocycles. The first-order valence-electron chi connectivity index (χ1n) is 5.89. The third-order valence-corrected chi connectivity index (χ3v) is 4.38. The van der Waals surface area contributed by atoms with Crippen LogP contribution in [0.1, 0.15) is 5.82 Å². The van der Waals surface area contributed by atoms with Gasteiger partial charge in [-0.2, -0.15) is 0 Å². The molecule has 108 valence electrons. The standard InChI is InChI=1S/C14H7Br2ClF2N2/c15-7-1-2-12(10(19)3-7)21-13-5-9(18)8(16)4-11(13)20-14(21)6-17/h1-5H,6H2. The largest absolute Gasteiger partial charge is 0.292 e. The Bertz CT molecular complexity index is 849. The molecule has 2 aromatic carbocycles. The van der Waals surface area contributed by atoms with Crippen molar-refractivity contribution in [1.29, 1.82) is 0 Å². The summed E-state index contributed by atoms with van der Waals surface area (Å²) in [5.74, 6) is -0.352. The SMILES string of the molecule is Fc1cc2c(cc1Br)nc(CCl)n2-c1ccc(Br)cc1F. The molecule has 2 nitrogen and oxygen atoms in total. The van der Waals surface area contributed by atoms with Crippen LogP contribution >= 0.6 is 43.5 Å². The van der Waals surface area contributed by atoms with Crippen molar-refractivity contribution >= 4 is 54.5 Å². The Kier molecular flexibility index (Phi) is 4.03. The number of hydrogen-bond donors (Lipinski definition) is 0. The minimum atomic E-state index is -0.446. The van der Waals surface area contributed by atoms with Gasteiger partial charge in [-0.3, -0.25) is 4.57 Å². The van der Waals surface area contributed by atoms with E-state index in [1.807, 2.05) is 0 Å². The lowest BCUT2D eigenvalue weighted by Crippen LogP contribution is -2.02. The quantitative estimate of drug-likeness (QED) is 0.481. The molecule has 0 unspecified atom stereocenters. The van der Waals surface area contributed by atoms with E-state index >= 15 is 0 Å². The van der Waals surface area contributed by atoms with Crippen molar-refractivity contribution in [3.8, 4) is 5.69 Å². The highest BCUT2D eigenvalue weighted by Crippen LogP contribution is 2.29. The van der Waals surface area contributed by atoms with Gasteiger partial charge in [0.05, 0.1) is 27.1 Å². The van der Waals surface area contributed by atoms with E-state index in [1.165, 1.54) is 16.7 Å². The van der Waals surface area contributed by atoms with E-state index in [9.17, 15) is 8.78 Å². The normalized spacial score (nSPS) is 11.3. The average Bonchev–Trinajstić information content (AvgIpc) is 2.77. The summed E-state index contributed by atoms with van der Waals surface area (Å²) in [6.07, 6.45) is 0. The first kappa shape index (κ1) is 14.9. The smallest absolute Gasteiger partial charge is 0.148 e. The molecule has 0 fully saturated rings. The maximum atomic E-state index is 14.2. The molecule has 0 saturated carbocycles. The number of imidazole rings is 1. The van der Waals surface area contributed by atoms with Crippen molar-refractivity contribution in [3.63, 3.8) is 0 Å². The molecule has 0 amide bonds. The maximum Gasteiger partial charge on any atom is 0.148 e. The van der Waals surface area contributed by atoms with Crippen LogP contribution in [0.25, 0.3) is 16.7 Å². The molecule has 0 radical (unpaired) electrons. The fraction of sp³-hybridized carbons (Fsp3) is 0.0714. The zero-order valence-corrected chi connectivity index (χ0v) is 14.3. The van der Waals surface area contributed by atoms with E-state index in [0.717, 1.165) is 0 Å². The number of halogens is 5. The highest BCUT2D eigenvalue weighted by atomic mass is 79.9. The van der Waals surface area contributed by atoms with Crippen molar-refractivity contribution in [2.45, 2.75) is 5.88 Å². The van der Waals surface area contributed by atoms with Gasteiger partial charge >= 0.3 is 0 Å². The van der Waals surface area contributed by atoms with Gasteiger partial charge in [0.1, 0.15) is 17.5 Å². The molecule has 21 heavy (non-hydrogen) atoms. The van der Waals surface area contributed by atoms with Crippen molar-refractivity contribution < 1.29 is 8.78 Å². The monoisotopic (exact) mass is 434 g/mol. The molecule has 1 heterocycles. The van der Waals surface area contributed by atoms with E-state index in [2.05, 4.69) is 36.8 Å². The maximum absolute atomic E-state index is 14.2. The van der Waals surface area contributed by atoms with Crippen LogP contribution in [0.2, 0.25) is 0 Å². The Balaban J connectivity index is 2.37. The number of benzene rings is 2. The summed E-state index contributed by atoms with van der Waals surface area (Å²) >= 11 is 12.2. The Labute approximate surface area is 141 Å². The van der Waals surface area contributed by atoms with Gasteiger partial charge in [-0.25, -0.2) is 13.8 Å². The summed E-state index contributed by atoms with van der Waals surface area (Å²) in [5.41, 5.74) is 1.28. The molecule has 0 aliphatic rings. The van der Waals surface area contributed by atoms with Gasteiger partial charge in [0.25, 0.3) is 0 Å². The third kappa shape index (κ3) is 2.60. The lowest BCUT2D eigenvalue weighted by Gasteiger charge is -2.09. The van der Waals surface area contributed by atoms with Gasteiger partial charge in [0.2, 0.25) is 0 Å². The molecule has 7 heteroatoms. The van der Waals surface area contributed by atoms with Crippen molar-refractivity contribution in [2.75, 3.05) is 0 Å². The predicted molar refractivity (Wildman–Crippen MR) is 85.9 cm³/mol. The van der Waals surface area contributed by atoms with Crippen LogP contribution in [0.15, 0.2) is 39.3 Å². The minimum Gasteiger partial charge on any atom is -0.292 e. The number of alkyl halides is 1.